The SMILES string of the molecule is Cn1c(=O)n(C2CCC(=O)NC2=O)c2ccc(N3CCC(CN4CCC(CC5CCNCC5)CC4)CC3)c(F)c21. The molecule has 9 nitrogen and oxygen atoms in total. The highest BCUT2D eigenvalue weighted by atomic mass is 19.1. The molecule has 2 aromatic rings. The number of imidazole rings is 1. The molecule has 4 aliphatic heterocycles. The van der Waals surface area contributed by atoms with Crippen LogP contribution in [0.15, 0.2) is 16.9 Å². The van der Waals surface area contributed by atoms with Gasteiger partial charge in [0.15, 0.2) is 5.82 Å². The molecule has 0 aliphatic carbocycles. The molecule has 1 aromatic heterocycles. The van der Waals surface area contributed by atoms with Crippen LogP contribution in [0.1, 0.15) is 63.8 Å². The summed E-state index contributed by atoms with van der Waals surface area (Å²) in [4.78, 5) is 41.9. The Hall–Kier alpha value is -2.72. The first-order valence-corrected chi connectivity index (χ1v) is 15.3. The maximum Gasteiger partial charge on any atom is 0.329 e. The highest BCUT2D eigenvalue weighted by Crippen LogP contribution is 2.33. The van der Waals surface area contributed by atoms with Crippen LogP contribution in [-0.4, -0.2) is 71.7 Å². The number of piperidine rings is 4. The number of nitrogens with one attached hydrogen (secondary N) is 2. The van der Waals surface area contributed by atoms with Crippen LogP contribution in [0, 0.1) is 23.6 Å². The summed E-state index contributed by atoms with van der Waals surface area (Å²) in [6.07, 6.45) is 9.19. The van der Waals surface area contributed by atoms with Crippen LogP contribution in [0.4, 0.5) is 10.1 Å². The molecular weight excluding hydrogens is 511 g/mol. The van der Waals surface area contributed by atoms with Crippen molar-refractivity contribution in [2.24, 2.45) is 24.8 Å². The molecule has 4 aliphatic rings. The molecule has 0 radical (unpaired) electrons. The number of carbonyl (C=O) groups excluding carboxylic acids is 2. The number of anilines is 1. The molecular formula is C30H43FN6O3. The third-order valence-electron chi connectivity index (χ3n) is 9.99. The fourth-order valence-electron chi connectivity index (χ4n) is 7.61. The number of aromatic nitrogens is 2. The number of hydrogen-bond acceptors (Lipinski definition) is 6. The second-order valence-corrected chi connectivity index (χ2v) is 12.5. The second-order valence-electron chi connectivity index (χ2n) is 12.5. The summed E-state index contributed by atoms with van der Waals surface area (Å²) in [7, 11) is 1.54. The van der Waals surface area contributed by atoms with Crippen LogP contribution >= 0.6 is 0 Å². The second kappa shape index (κ2) is 11.6. The maximum atomic E-state index is 15.9. The molecule has 40 heavy (non-hydrogen) atoms. The number of imide groups is 1. The molecule has 4 fully saturated rings. The Labute approximate surface area is 235 Å². The van der Waals surface area contributed by atoms with Gasteiger partial charge in [-0.15, -0.1) is 0 Å². The molecule has 218 valence electrons. The van der Waals surface area contributed by atoms with Gasteiger partial charge in [0.25, 0.3) is 0 Å². The zero-order chi connectivity index (χ0) is 27.8. The summed E-state index contributed by atoms with van der Waals surface area (Å²) in [5, 5.41) is 5.78. The molecule has 5 heterocycles. The number of nitrogens with zero attached hydrogens (tertiary/aromatic N) is 4. The number of hydrogen-bond donors (Lipinski definition) is 2. The molecule has 0 saturated carbocycles. The molecule has 4 saturated heterocycles. The topological polar surface area (TPSA) is 91.6 Å². The van der Waals surface area contributed by atoms with Crippen LogP contribution in [0.3, 0.4) is 0 Å². The van der Waals surface area contributed by atoms with Crippen molar-refractivity contribution < 1.29 is 14.0 Å². The molecule has 2 N–H and O–H groups in total. The van der Waals surface area contributed by atoms with Crippen LogP contribution in [0.2, 0.25) is 0 Å². The van der Waals surface area contributed by atoms with Crippen molar-refractivity contribution in [3.8, 4) is 0 Å². The minimum Gasteiger partial charge on any atom is -0.369 e. The number of fused-ring (bicyclic) bond motifs is 1. The van der Waals surface area contributed by atoms with E-state index in [4.69, 9.17) is 0 Å². The van der Waals surface area contributed by atoms with Gasteiger partial charge in [-0.1, -0.05) is 0 Å². The lowest BCUT2D eigenvalue weighted by molar-refractivity contribution is -0.135. The van der Waals surface area contributed by atoms with E-state index in [-0.39, 0.29) is 24.3 Å². The Bertz CT molecular complexity index is 1300. The largest absolute Gasteiger partial charge is 0.369 e. The first kappa shape index (κ1) is 27.4. The third-order valence-corrected chi connectivity index (χ3v) is 9.99. The fourth-order valence-corrected chi connectivity index (χ4v) is 7.61. The summed E-state index contributed by atoms with van der Waals surface area (Å²) in [5.74, 6) is 1.16. The predicted octanol–water partition coefficient (Wildman–Crippen LogP) is 2.77. The molecule has 0 bridgehead atoms. The number of aryl methyl sites for hydroxylation is 1. The van der Waals surface area contributed by atoms with Gasteiger partial charge in [-0.25, -0.2) is 9.18 Å². The molecule has 0 spiro atoms. The molecule has 1 unspecified atom stereocenters. The van der Waals surface area contributed by atoms with Gasteiger partial charge in [-0.3, -0.25) is 24.0 Å². The van der Waals surface area contributed by atoms with E-state index in [1.165, 1.54) is 67.4 Å². The van der Waals surface area contributed by atoms with Gasteiger partial charge in [0, 0.05) is 33.1 Å². The van der Waals surface area contributed by atoms with Crippen molar-refractivity contribution in [3.63, 3.8) is 0 Å². The van der Waals surface area contributed by atoms with E-state index in [1.54, 1.807) is 19.2 Å². The number of likely N-dealkylation sites (tertiary alicyclic amines) is 1. The van der Waals surface area contributed by atoms with Crippen molar-refractivity contribution in [2.45, 2.75) is 63.8 Å². The van der Waals surface area contributed by atoms with E-state index < -0.39 is 23.5 Å². The zero-order valence-corrected chi connectivity index (χ0v) is 23.7. The highest BCUT2D eigenvalue weighted by molar-refractivity contribution is 6.00. The van der Waals surface area contributed by atoms with Crippen LogP contribution in [0.25, 0.3) is 11.0 Å². The van der Waals surface area contributed by atoms with Crippen LogP contribution in [0.5, 0.6) is 0 Å². The minimum atomic E-state index is -0.815. The van der Waals surface area contributed by atoms with E-state index in [2.05, 4.69) is 20.4 Å². The number of benzene rings is 1. The fraction of sp³-hybridized carbons (Fsp3) is 0.700. The van der Waals surface area contributed by atoms with Gasteiger partial charge in [0.2, 0.25) is 11.8 Å². The standard InChI is InChI=1S/C30H43FN6O3/c1-34-28-24(37(30(34)40)25-4-5-26(38)33-29(25)39)3-2-23(27(28)31)36-16-10-22(11-17-36)19-35-14-8-21(9-15-35)18-20-6-12-32-13-7-20/h2-3,20-22,25,32H,4-19H2,1H3,(H,33,38,39). The zero-order valence-electron chi connectivity index (χ0n) is 23.7. The average Bonchev–Trinajstić information content (AvgIpc) is 3.21. The molecule has 6 rings (SSSR count). The van der Waals surface area contributed by atoms with E-state index in [0.717, 1.165) is 44.3 Å². The first-order chi connectivity index (χ1) is 19.4. The third kappa shape index (κ3) is 5.44. The lowest BCUT2D eigenvalue weighted by atomic mass is 9.83. The van der Waals surface area contributed by atoms with Crippen LogP contribution < -0.4 is 21.2 Å². The first-order valence-electron chi connectivity index (χ1n) is 15.3. The molecule has 10 heteroatoms. The number of halogens is 1. The maximum absolute atomic E-state index is 15.9. The Morgan fingerprint density at radius 1 is 0.875 bits per heavy atom. The summed E-state index contributed by atoms with van der Waals surface area (Å²) < 4.78 is 18.6. The lowest BCUT2D eigenvalue weighted by Gasteiger charge is -2.39. The van der Waals surface area contributed by atoms with Gasteiger partial charge in [-0.2, -0.15) is 0 Å². The molecule has 1 aromatic carbocycles. The number of rotatable bonds is 6. The van der Waals surface area contributed by atoms with Gasteiger partial charge in [0.1, 0.15) is 11.6 Å². The summed E-state index contributed by atoms with van der Waals surface area (Å²) in [6.45, 7) is 7.51. The Kier molecular flexibility index (Phi) is 7.99. The summed E-state index contributed by atoms with van der Waals surface area (Å²) >= 11 is 0. The lowest BCUT2D eigenvalue weighted by Crippen LogP contribution is -2.44. The van der Waals surface area contributed by atoms with Gasteiger partial charge < -0.3 is 15.1 Å². The number of amides is 2. The van der Waals surface area contributed by atoms with Crippen molar-refractivity contribution >= 4 is 28.5 Å². The van der Waals surface area contributed by atoms with Gasteiger partial charge >= 0.3 is 5.69 Å². The Morgan fingerprint density at radius 2 is 1.55 bits per heavy atom. The molecule has 2 amide bonds. The van der Waals surface area contributed by atoms with E-state index in [0.29, 0.717) is 17.1 Å². The van der Waals surface area contributed by atoms with Crippen molar-refractivity contribution in [2.75, 3.05) is 50.7 Å². The normalized spacial score (nSPS) is 24.6. The Morgan fingerprint density at radius 3 is 2.25 bits per heavy atom. The van der Waals surface area contributed by atoms with Gasteiger partial charge in [-0.05, 0) is 107 Å². The monoisotopic (exact) mass is 554 g/mol. The average molecular weight is 555 g/mol. The van der Waals surface area contributed by atoms with Gasteiger partial charge in [0.05, 0.1) is 11.2 Å². The quantitative estimate of drug-likeness (QED) is 0.534. The van der Waals surface area contributed by atoms with Crippen molar-refractivity contribution in [1.82, 2.24) is 24.7 Å². The highest BCUT2D eigenvalue weighted by Gasteiger charge is 2.33. The molecule has 1 atom stereocenters. The van der Waals surface area contributed by atoms with E-state index in [9.17, 15) is 14.4 Å². The van der Waals surface area contributed by atoms with Crippen molar-refractivity contribution in [1.29, 1.82) is 0 Å². The summed E-state index contributed by atoms with van der Waals surface area (Å²) in [5.41, 5.74) is 0.669. The van der Waals surface area contributed by atoms with Crippen molar-refractivity contribution in [3.05, 3.63) is 28.4 Å². The van der Waals surface area contributed by atoms with E-state index in [1.807, 2.05) is 0 Å². The minimum absolute atomic E-state index is 0.158. The smallest absolute Gasteiger partial charge is 0.329 e. The van der Waals surface area contributed by atoms with E-state index >= 15 is 4.39 Å². The predicted molar refractivity (Wildman–Crippen MR) is 153 cm³/mol. The summed E-state index contributed by atoms with van der Waals surface area (Å²) in [6, 6.07) is 2.68. The number of carbonyl (C=O) groups is 2. The van der Waals surface area contributed by atoms with Crippen LogP contribution in [-0.2, 0) is 16.6 Å². The Balaban J connectivity index is 1.06.